The van der Waals surface area contributed by atoms with Gasteiger partial charge in [-0.15, -0.1) is 0 Å². The normalized spacial score (nSPS) is 19.3. The van der Waals surface area contributed by atoms with Crippen molar-refractivity contribution >= 4 is 11.3 Å². The first-order chi connectivity index (χ1) is 12.0. The highest BCUT2D eigenvalue weighted by molar-refractivity contribution is 5.81. The van der Waals surface area contributed by atoms with Gasteiger partial charge in [0.25, 0.3) is 0 Å². The molecule has 0 aliphatic carbocycles. The number of anilines is 1. The Kier molecular flexibility index (Phi) is 3.67. The maximum atomic E-state index is 13.6. The monoisotopic (exact) mass is 340 g/mol. The molecule has 0 spiro atoms. The summed E-state index contributed by atoms with van der Waals surface area (Å²) >= 11 is 0. The summed E-state index contributed by atoms with van der Waals surface area (Å²) in [5.74, 6) is -1.15. The highest BCUT2D eigenvalue weighted by Gasteiger charge is 2.31. The number of halogens is 2. The number of hydrogen-bond acceptors (Lipinski definition) is 4. The second-order valence-electron chi connectivity index (χ2n) is 6.39. The van der Waals surface area contributed by atoms with E-state index in [4.69, 9.17) is 0 Å². The summed E-state index contributed by atoms with van der Waals surface area (Å²) in [6, 6.07) is 7.69. The summed E-state index contributed by atoms with van der Waals surface area (Å²) in [7, 11) is 0. The quantitative estimate of drug-likeness (QED) is 0.905. The number of benzene rings is 1. The Labute approximate surface area is 145 Å². The molecule has 4 rings (SSSR count). The molecule has 3 heterocycles. The standard InChI is InChI=1S/C19H18F2N4/c1-12-5-14(3-4-22-12)18-9-23-25-13(2)10-24(11-19(18)25)17-7-15(20)6-16(21)8-17/h3-9,11,13,23H,10H2,1-2H3/t13-/m0/s1. The fourth-order valence-electron chi connectivity index (χ4n) is 3.30. The fourth-order valence-corrected chi connectivity index (χ4v) is 3.30. The van der Waals surface area contributed by atoms with E-state index < -0.39 is 11.6 Å². The fraction of sp³-hybridized carbons (Fsp3) is 0.211. The second-order valence-corrected chi connectivity index (χ2v) is 6.39. The van der Waals surface area contributed by atoms with E-state index in [9.17, 15) is 8.78 Å². The maximum Gasteiger partial charge on any atom is 0.128 e. The van der Waals surface area contributed by atoms with Crippen molar-refractivity contribution in [1.82, 2.24) is 15.4 Å². The Bertz CT molecular complexity index is 870. The molecule has 2 aliphatic heterocycles. The zero-order valence-electron chi connectivity index (χ0n) is 14.0. The molecule has 0 fully saturated rings. The first-order valence-corrected chi connectivity index (χ1v) is 8.15. The van der Waals surface area contributed by atoms with Crippen LogP contribution in [0.25, 0.3) is 5.57 Å². The van der Waals surface area contributed by atoms with Crippen molar-refractivity contribution in [1.29, 1.82) is 0 Å². The summed E-state index contributed by atoms with van der Waals surface area (Å²) in [4.78, 5) is 6.12. The van der Waals surface area contributed by atoms with E-state index in [1.807, 2.05) is 36.4 Å². The Balaban J connectivity index is 1.75. The Morgan fingerprint density at radius 1 is 1.16 bits per heavy atom. The molecule has 0 amide bonds. The van der Waals surface area contributed by atoms with Gasteiger partial charge < -0.3 is 10.3 Å². The van der Waals surface area contributed by atoms with E-state index in [0.29, 0.717) is 12.2 Å². The Morgan fingerprint density at radius 3 is 2.64 bits per heavy atom. The minimum Gasteiger partial charge on any atom is -0.343 e. The van der Waals surface area contributed by atoms with Gasteiger partial charge in [0, 0.05) is 48.2 Å². The van der Waals surface area contributed by atoms with Gasteiger partial charge in [-0.2, -0.15) is 0 Å². The number of nitrogens with zero attached hydrogens (tertiary/aromatic N) is 3. The van der Waals surface area contributed by atoms with Gasteiger partial charge in [-0.3, -0.25) is 9.99 Å². The van der Waals surface area contributed by atoms with Gasteiger partial charge in [-0.25, -0.2) is 8.78 Å². The van der Waals surface area contributed by atoms with Crippen LogP contribution in [0.4, 0.5) is 14.5 Å². The molecule has 0 bridgehead atoms. The molecule has 6 heteroatoms. The molecule has 2 aliphatic rings. The number of aryl methyl sites for hydroxylation is 1. The lowest BCUT2D eigenvalue weighted by atomic mass is 10.0. The lowest BCUT2D eigenvalue weighted by Crippen LogP contribution is -2.47. The van der Waals surface area contributed by atoms with Gasteiger partial charge in [0.15, 0.2) is 0 Å². The third-order valence-corrected chi connectivity index (χ3v) is 4.45. The molecule has 128 valence electrons. The molecule has 0 unspecified atom stereocenters. The first-order valence-electron chi connectivity index (χ1n) is 8.15. The van der Waals surface area contributed by atoms with Crippen LogP contribution in [0, 0.1) is 18.6 Å². The Hall–Kier alpha value is -2.89. The van der Waals surface area contributed by atoms with Crippen LogP contribution in [0.3, 0.4) is 0 Å². The third-order valence-electron chi connectivity index (χ3n) is 4.45. The Morgan fingerprint density at radius 2 is 1.92 bits per heavy atom. The molecule has 1 atom stereocenters. The minimum absolute atomic E-state index is 0.128. The number of pyridine rings is 1. The van der Waals surface area contributed by atoms with Crippen LogP contribution in [-0.4, -0.2) is 22.6 Å². The molecule has 0 saturated carbocycles. The molecular formula is C19H18F2N4. The van der Waals surface area contributed by atoms with E-state index in [1.54, 1.807) is 6.20 Å². The lowest BCUT2D eigenvalue weighted by molar-refractivity contribution is 0.232. The summed E-state index contributed by atoms with van der Waals surface area (Å²) < 4.78 is 27.2. The summed E-state index contributed by atoms with van der Waals surface area (Å²) in [6.07, 6.45) is 5.66. The van der Waals surface area contributed by atoms with Crippen molar-refractivity contribution in [2.24, 2.45) is 0 Å². The molecular weight excluding hydrogens is 322 g/mol. The average Bonchev–Trinajstić information content (AvgIpc) is 2.98. The van der Waals surface area contributed by atoms with E-state index >= 15 is 0 Å². The number of nitrogens with one attached hydrogen (secondary N) is 1. The topological polar surface area (TPSA) is 31.4 Å². The average molecular weight is 340 g/mol. The number of rotatable bonds is 2. The minimum atomic E-state index is -0.575. The SMILES string of the molecule is Cc1cc(C2=CNN3C2=CN(c2cc(F)cc(F)c2)C[C@@H]3C)ccn1. The van der Waals surface area contributed by atoms with E-state index in [0.717, 1.165) is 28.6 Å². The van der Waals surface area contributed by atoms with Gasteiger partial charge in [0.1, 0.15) is 11.6 Å². The van der Waals surface area contributed by atoms with Crippen molar-refractivity contribution in [3.63, 3.8) is 0 Å². The van der Waals surface area contributed by atoms with Crippen molar-refractivity contribution in [2.75, 3.05) is 11.4 Å². The number of allylic oxidation sites excluding steroid dienone is 1. The first kappa shape index (κ1) is 15.6. The molecule has 1 N–H and O–H groups in total. The van der Waals surface area contributed by atoms with Crippen LogP contribution in [0.5, 0.6) is 0 Å². The molecule has 1 aromatic heterocycles. The smallest absolute Gasteiger partial charge is 0.128 e. The van der Waals surface area contributed by atoms with Gasteiger partial charge in [-0.1, -0.05) is 0 Å². The van der Waals surface area contributed by atoms with Crippen LogP contribution in [0.2, 0.25) is 0 Å². The molecule has 4 nitrogen and oxygen atoms in total. The van der Waals surface area contributed by atoms with Gasteiger partial charge >= 0.3 is 0 Å². The van der Waals surface area contributed by atoms with Crippen LogP contribution in [0.1, 0.15) is 18.2 Å². The van der Waals surface area contributed by atoms with Crippen LogP contribution < -0.4 is 10.3 Å². The number of hydrazine groups is 1. The molecule has 0 saturated heterocycles. The summed E-state index contributed by atoms with van der Waals surface area (Å²) in [5.41, 5.74) is 7.77. The number of aromatic nitrogens is 1. The largest absolute Gasteiger partial charge is 0.343 e. The highest BCUT2D eigenvalue weighted by atomic mass is 19.1. The van der Waals surface area contributed by atoms with Crippen molar-refractivity contribution < 1.29 is 8.78 Å². The zero-order chi connectivity index (χ0) is 17.6. The van der Waals surface area contributed by atoms with E-state index in [2.05, 4.69) is 22.3 Å². The van der Waals surface area contributed by atoms with E-state index in [1.165, 1.54) is 12.1 Å². The maximum absolute atomic E-state index is 13.6. The van der Waals surface area contributed by atoms with Crippen molar-refractivity contribution in [2.45, 2.75) is 19.9 Å². The molecule has 1 aromatic carbocycles. The van der Waals surface area contributed by atoms with Gasteiger partial charge in [-0.05, 0) is 43.7 Å². The van der Waals surface area contributed by atoms with Gasteiger partial charge in [0.05, 0.1) is 11.7 Å². The lowest BCUT2D eigenvalue weighted by Gasteiger charge is -2.38. The van der Waals surface area contributed by atoms with Crippen molar-refractivity contribution in [3.05, 3.63) is 77.5 Å². The number of fused-ring (bicyclic) bond motifs is 1. The predicted molar refractivity (Wildman–Crippen MR) is 93.2 cm³/mol. The van der Waals surface area contributed by atoms with Crippen LogP contribution in [0.15, 0.2) is 54.6 Å². The summed E-state index contributed by atoms with van der Waals surface area (Å²) in [6.45, 7) is 4.64. The third kappa shape index (κ3) is 2.84. The molecule has 2 aromatic rings. The van der Waals surface area contributed by atoms with Crippen LogP contribution in [-0.2, 0) is 0 Å². The molecule has 25 heavy (non-hydrogen) atoms. The van der Waals surface area contributed by atoms with Crippen LogP contribution >= 0.6 is 0 Å². The molecule has 0 radical (unpaired) electrons. The van der Waals surface area contributed by atoms with E-state index in [-0.39, 0.29) is 6.04 Å². The highest BCUT2D eigenvalue weighted by Crippen LogP contribution is 2.35. The zero-order valence-corrected chi connectivity index (χ0v) is 14.0. The predicted octanol–water partition coefficient (Wildman–Crippen LogP) is 3.58. The van der Waals surface area contributed by atoms with Crippen molar-refractivity contribution in [3.8, 4) is 0 Å². The van der Waals surface area contributed by atoms with Gasteiger partial charge in [0.2, 0.25) is 0 Å². The summed E-state index contributed by atoms with van der Waals surface area (Å²) in [5, 5.41) is 2.07. The second kappa shape index (κ2) is 5.88. The number of hydrogen-bond donors (Lipinski definition) is 1.